The van der Waals surface area contributed by atoms with E-state index in [1.807, 2.05) is 41.1 Å². The van der Waals surface area contributed by atoms with Gasteiger partial charge >= 0.3 is 5.97 Å². The average molecular weight is 445 g/mol. The summed E-state index contributed by atoms with van der Waals surface area (Å²) < 4.78 is 2.53. The van der Waals surface area contributed by atoms with Crippen LogP contribution in [-0.2, 0) is 11.3 Å². The molecule has 160 valence electrons. The number of carbonyl (C=O) groups is 1. The Kier molecular flexibility index (Phi) is 8.39. The third-order valence-corrected chi connectivity index (χ3v) is 6.65. The molecule has 0 radical (unpaired) electrons. The van der Waals surface area contributed by atoms with Crippen molar-refractivity contribution < 1.29 is 15.0 Å². The fourth-order valence-corrected chi connectivity index (χ4v) is 4.92. The van der Waals surface area contributed by atoms with E-state index >= 15 is 0 Å². The van der Waals surface area contributed by atoms with Gasteiger partial charge in [-0.05, 0) is 37.2 Å². The zero-order valence-corrected chi connectivity index (χ0v) is 18.7. The molecule has 0 saturated carbocycles. The van der Waals surface area contributed by atoms with E-state index in [9.17, 15) is 9.90 Å². The number of hydrogen-bond donors (Lipinski definition) is 2. The number of aliphatic imine (C=N–C) groups is 1. The summed E-state index contributed by atoms with van der Waals surface area (Å²) >= 11 is 6.91. The Morgan fingerprint density at radius 2 is 1.73 bits per heavy atom. The topological polar surface area (TPSA) is 74.8 Å². The van der Waals surface area contributed by atoms with Gasteiger partial charge in [0.2, 0.25) is 5.88 Å². The van der Waals surface area contributed by atoms with Gasteiger partial charge in [-0.1, -0.05) is 56.7 Å². The highest BCUT2D eigenvalue weighted by Gasteiger charge is 2.15. The number of aromatic nitrogens is 1. The van der Waals surface area contributed by atoms with Crippen molar-refractivity contribution in [2.24, 2.45) is 4.99 Å². The lowest BCUT2D eigenvalue weighted by atomic mass is 10.1. The molecule has 3 rings (SSSR count). The predicted molar refractivity (Wildman–Crippen MR) is 126 cm³/mol. The summed E-state index contributed by atoms with van der Waals surface area (Å²) in [6.45, 7) is 0.730. The van der Waals surface area contributed by atoms with Crippen LogP contribution >= 0.6 is 23.6 Å². The van der Waals surface area contributed by atoms with Crippen molar-refractivity contribution in [3.05, 3.63) is 38.7 Å². The van der Waals surface area contributed by atoms with Crippen molar-refractivity contribution in [1.29, 1.82) is 0 Å². The second-order valence-corrected chi connectivity index (χ2v) is 9.23. The summed E-state index contributed by atoms with van der Waals surface area (Å²) in [4.78, 5) is 15.7. The fraction of sp³-hybridized carbons (Fsp3) is 0.435. The number of hydrogen-bond acceptors (Lipinski definition) is 5. The van der Waals surface area contributed by atoms with Crippen LogP contribution in [0, 0.1) is 3.95 Å². The third kappa shape index (κ3) is 6.12. The molecule has 0 fully saturated rings. The molecule has 2 heterocycles. The van der Waals surface area contributed by atoms with Gasteiger partial charge in [-0.25, -0.2) is 0 Å². The molecule has 1 aromatic carbocycles. The second kappa shape index (κ2) is 11.2. The van der Waals surface area contributed by atoms with E-state index < -0.39 is 5.97 Å². The zero-order chi connectivity index (χ0) is 21.3. The maximum absolute atomic E-state index is 10.7. The quantitative estimate of drug-likeness (QED) is 0.278. The smallest absolute Gasteiger partial charge is 0.303 e. The number of para-hydroxylation sites is 1. The highest BCUT2D eigenvalue weighted by molar-refractivity contribution is 7.73. The van der Waals surface area contributed by atoms with E-state index in [2.05, 4.69) is 4.99 Å². The summed E-state index contributed by atoms with van der Waals surface area (Å²) in [6.07, 6.45) is 12.5. The average Bonchev–Trinajstić information content (AvgIpc) is 3.25. The van der Waals surface area contributed by atoms with Crippen LogP contribution in [0.2, 0.25) is 0 Å². The highest BCUT2D eigenvalue weighted by Crippen LogP contribution is 2.35. The standard InChI is InChI=1S/C23H28N2O3S2/c26-21(27)13-7-5-3-1-2-4-6-10-14-25-22(28)20(30-23(25)29)15-17-16-24-19-12-9-8-11-18(17)19/h8-9,11-12,15-16,28H,1-7,10,13-14H2,(H,26,27)/b17-15-. The van der Waals surface area contributed by atoms with E-state index in [0.717, 1.165) is 73.2 Å². The van der Waals surface area contributed by atoms with Gasteiger partial charge in [0.15, 0.2) is 3.95 Å². The number of carboxylic acid groups (broad SMARTS) is 1. The number of aromatic hydroxyl groups is 1. The van der Waals surface area contributed by atoms with Crippen LogP contribution in [0.25, 0.3) is 11.6 Å². The first-order valence-electron chi connectivity index (χ1n) is 10.6. The molecule has 0 saturated heterocycles. The first-order chi connectivity index (χ1) is 14.6. The number of unbranched alkanes of at least 4 members (excludes halogenated alkanes) is 7. The number of fused-ring (bicyclic) bond motifs is 1. The van der Waals surface area contributed by atoms with E-state index in [1.165, 1.54) is 17.8 Å². The van der Waals surface area contributed by atoms with Crippen LogP contribution in [0.1, 0.15) is 68.2 Å². The van der Waals surface area contributed by atoms with Gasteiger partial charge in [0, 0.05) is 30.3 Å². The van der Waals surface area contributed by atoms with E-state index in [-0.39, 0.29) is 12.3 Å². The van der Waals surface area contributed by atoms with Crippen molar-refractivity contribution >= 4 is 53.1 Å². The molecular weight excluding hydrogens is 416 g/mol. The predicted octanol–water partition coefficient (Wildman–Crippen LogP) is 6.84. The molecule has 1 aromatic heterocycles. The number of aliphatic carboxylic acids is 1. The lowest BCUT2D eigenvalue weighted by Gasteiger charge is -2.05. The largest absolute Gasteiger partial charge is 0.493 e. The highest BCUT2D eigenvalue weighted by atomic mass is 32.1. The van der Waals surface area contributed by atoms with Crippen LogP contribution < -0.4 is 0 Å². The minimum absolute atomic E-state index is 0.244. The van der Waals surface area contributed by atoms with Crippen molar-refractivity contribution in [1.82, 2.24) is 4.57 Å². The Hall–Kier alpha value is -2.25. The summed E-state index contributed by atoms with van der Waals surface area (Å²) in [7, 11) is 0. The molecule has 0 atom stereocenters. The normalized spacial score (nSPS) is 13.8. The van der Waals surface area contributed by atoms with Crippen LogP contribution in [0.5, 0.6) is 5.88 Å². The van der Waals surface area contributed by atoms with Crippen LogP contribution in [0.4, 0.5) is 5.69 Å². The lowest BCUT2D eigenvalue weighted by molar-refractivity contribution is -0.137. The summed E-state index contributed by atoms with van der Waals surface area (Å²) in [5.41, 5.74) is 3.02. The molecule has 1 aliphatic heterocycles. The number of carboxylic acids is 1. The van der Waals surface area contributed by atoms with Crippen molar-refractivity contribution in [3.8, 4) is 5.88 Å². The molecule has 2 aromatic rings. The van der Waals surface area contributed by atoms with E-state index in [1.54, 1.807) is 0 Å². The van der Waals surface area contributed by atoms with Gasteiger partial charge in [0.05, 0.1) is 10.6 Å². The van der Waals surface area contributed by atoms with Crippen molar-refractivity contribution in [3.63, 3.8) is 0 Å². The molecule has 1 aliphatic rings. The van der Waals surface area contributed by atoms with Crippen molar-refractivity contribution in [2.75, 3.05) is 0 Å². The Bertz CT molecular complexity index is 989. The second-order valence-electron chi connectivity index (χ2n) is 7.55. The monoisotopic (exact) mass is 444 g/mol. The van der Waals surface area contributed by atoms with Gasteiger partial charge in [-0.3, -0.25) is 14.4 Å². The number of allylic oxidation sites excluding steroid dienone is 1. The van der Waals surface area contributed by atoms with Crippen molar-refractivity contribution in [2.45, 2.75) is 64.3 Å². The van der Waals surface area contributed by atoms with Gasteiger partial charge in [-0.2, -0.15) is 0 Å². The molecule has 0 aliphatic carbocycles. The molecule has 0 spiro atoms. The summed E-state index contributed by atoms with van der Waals surface area (Å²) in [6, 6.07) is 7.98. The molecule has 5 nitrogen and oxygen atoms in total. The summed E-state index contributed by atoms with van der Waals surface area (Å²) in [5.74, 6) is -0.459. The molecule has 0 bridgehead atoms. The molecule has 0 amide bonds. The van der Waals surface area contributed by atoms with E-state index in [0.29, 0.717) is 3.95 Å². The third-order valence-electron chi connectivity index (χ3n) is 5.26. The molecular formula is C23H28N2O3S2. The first-order valence-corrected chi connectivity index (χ1v) is 11.8. The fourth-order valence-electron chi connectivity index (χ4n) is 3.61. The lowest BCUT2D eigenvalue weighted by Crippen LogP contribution is -1.97. The molecule has 0 unspecified atom stereocenters. The summed E-state index contributed by atoms with van der Waals surface area (Å²) in [5, 5.41) is 19.3. The Morgan fingerprint density at radius 1 is 1.07 bits per heavy atom. The molecule has 30 heavy (non-hydrogen) atoms. The van der Waals surface area contributed by atoms with Gasteiger partial charge in [-0.15, -0.1) is 11.3 Å². The maximum atomic E-state index is 10.7. The van der Waals surface area contributed by atoms with Crippen LogP contribution in [-0.4, -0.2) is 27.0 Å². The SMILES string of the molecule is O=C(O)CCCCCCCCCCn1c(O)c(/C=C2/C=Nc3ccccc32)sc1=S. The Labute approximate surface area is 186 Å². The maximum Gasteiger partial charge on any atom is 0.303 e. The van der Waals surface area contributed by atoms with Gasteiger partial charge in [0.1, 0.15) is 0 Å². The minimum Gasteiger partial charge on any atom is -0.493 e. The number of thiazole rings is 1. The van der Waals surface area contributed by atoms with Gasteiger partial charge in [0.25, 0.3) is 0 Å². The number of rotatable bonds is 12. The van der Waals surface area contributed by atoms with Gasteiger partial charge < -0.3 is 10.2 Å². The van der Waals surface area contributed by atoms with Crippen LogP contribution in [0.15, 0.2) is 29.3 Å². The Balaban J connectivity index is 1.43. The number of nitrogens with zero attached hydrogens (tertiary/aromatic N) is 2. The minimum atomic E-state index is -0.703. The first kappa shape index (κ1) is 22.4. The molecule has 7 heteroatoms. The Morgan fingerprint density at radius 3 is 2.47 bits per heavy atom. The van der Waals surface area contributed by atoms with Crippen LogP contribution in [0.3, 0.4) is 0 Å². The number of benzene rings is 1. The zero-order valence-electron chi connectivity index (χ0n) is 17.0. The molecule has 2 N–H and O–H groups in total. The van der Waals surface area contributed by atoms with E-state index in [4.69, 9.17) is 17.3 Å².